The Labute approximate surface area is 163 Å². The highest BCUT2D eigenvalue weighted by molar-refractivity contribution is 7.80. The van der Waals surface area contributed by atoms with Crippen molar-refractivity contribution in [1.82, 2.24) is 10.6 Å². The second-order valence-corrected chi connectivity index (χ2v) is 6.30. The highest BCUT2D eigenvalue weighted by atomic mass is 32.1. The molecule has 27 heavy (non-hydrogen) atoms. The van der Waals surface area contributed by atoms with Gasteiger partial charge in [0.1, 0.15) is 19.0 Å². The molecular weight excluding hydrogens is 368 g/mol. The lowest BCUT2D eigenvalue weighted by Gasteiger charge is -2.30. The smallest absolute Gasteiger partial charge is 0.338 e. The van der Waals surface area contributed by atoms with E-state index < -0.39 is 18.0 Å². The molecule has 0 fully saturated rings. The van der Waals surface area contributed by atoms with Crippen LogP contribution in [-0.4, -0.2) is 37.4 Å². The number of benzene rings is 1. The molecule has 0 saturated carbocycles. The standard InChI is InChI=1S/C19H22N2O5S/c1-11(2)17(22)25-9-10-26-18(23)15-12(3)20-19(27)21-16(15)13-5-7-14(24-4)8-6-13/h5-8,16H,1,9-10H2,2-4H3,(H2,20,21,27). The molecular formula is C19H22N2O5S. The van der Waals surface area contributed by atoms with Crippen molar-refractivity contribution in [2.45, 2.75) is 19.9 Å². The summed E-state index contributed by atoms with van der Waals surface area (Å²) in [6, 6.07) is 6.84. The average molecular weight is 390 g/mol. The van der Waals surface area contributed by atoms with Gasteiger partial charge >= 0.3 is 11.9 Å². The number of esters is 2. The van der Waals surface area contributed by atoms with E-state index in [1.807, 2.05) is 12.1 Å². The number of allylic oxidation sites excluding steroid dienone is 1. The number of carbonyl (C=O) groups excluding carboxylic acids is 2. The molecule has 1 aliphatic rings. The average Bonchev–Trinajstić information content (AvgIpc) is 2.64. The summed E-state index contributed by atoms with van der Waals surface area (Å²) in [7, 11) is 1.58. The first-order chi connectivity index (χ1) is 12.8. The van der Waals surface area contributed by atoms with Crippen molar-refractivity contribution in [3.8, 4) is 5.75 Å². The highest BCUT2D eigenvalue weighted by Crippen LogP contribution is 2.28. The molecule has 1 atom stereocenters. The maximum absolute atomic E-state index is 12.6. The zero-order valence-corrected chi connectivity index (χ0v) is 16.3. The summed E-state index contributed by atoms with van der Waals surface area (Å²) in [4.78, 5) is 24.0. The van der Waals surface area contributed by atoms with E-state index in [9.17, 15) is 9.59 Å². The Morgan fingerprint density at radius 3 is 2.41 bits per heavy atom. The molecule has 1 heterocycles. The fraction of sp³-hybridized carbons (Fsp3) is 0.316. The third kappa shape index (κ3) is 5.30. The Kier molecular flexibility index (Phi) is 6.95. The monoisotopic (exact) mass is 390 g/mol. The van der Waals surface area contributed by atoms with Crippen molar-refractivity contribution >= 4 is 29.3 Å². The Balaban J connectivity index is 2.10. The largest absolute Gasteiger partial charge is 0.497 e. The highest BCUT2D eigenvalue weighted by Gasteiger charge is 2.31. The molecule has 0 bridgehead atoms. The molecule has 0 radical (unpaired) electrons. The second-order valence-electron chi connectivity index (χ2n) is 5.90. The van der Waals surface area contributed by atoms with E-state index in [2.05, 4.69) is 17.2 Å². The minimum Gasteiger partial charge on any atom is -0.497 e. The summed E-state index contributed by atoms with van der Waals surface area (Å²) in [5, 5.41) is 6.43. The zero-order valence-electron chi connectivity index (χ0n) is 15.5. The molecule has 1 aliphatic heterocycles. The Hall–Kier alpha value is -2.87. The van der Waals surface area contributed by atoms with Crippen molar-refractivity contribution in [2.75, 3.05) is 20.3 Å². The van der Waals surface area contributed by atoms with Crippen LogP contribution in [0.25, 0.3) is 0 Å². The topological polar surface area (TPSA) is 85.9 Å². The summed E-state index contributed by atoms with van der Waals surface area (Å²) in [5.74, 6) is -0.342. The maximum atomic E-state index is 12.6. The second kappa shape index (κ2) is 9.18. The van der Waals surface area contributed by atoms with Crippen LogP contribution in [0, 0.1) is 0 Å². The summed E-state index contributed by atoms with van der Waals surface area (Å²) < 4.78 is 15.4. The van der Waals surface area contributed by atoms with Gasteiger partial charge in [-0.15, -0.1) is 0 Å². The summed E-state index contributed by atoms with van der Waals surface area (Å²) in [5.41, 5.74) is 2.12. The lowest BCUT2D eigenvalue weighted by molar-refractivity contribution is -0.147. The first kappa shape index (κ1) is 20.4. The Morgan fingerprint density at radius 2 is 1.81 bits per heavy atom. The Morgan fingerprint density at radius 1 is 1.19 bits per heavy atom. The molecule has 1 unspecified atom stereocenters. The molecule has 8 heteroatoms. The van der Waals surface area contributed by atoms with Crippen molar-refractivity contribution in [2.24, 2.45) is 0 Å². The third-order valence-corrected chi connectivity index (χ3v) is 4.06. The summed E-state index contributed by atoms with van der Waals surface area (Å²) in [6.45, 7) is 6.68. The quantitative estimate of drug-likeness (QED) is 0.317. The predicted molar refractivity (Wildman–Crippen MR) is 104 cm³/mol. The van der Waals surface area contributed by atoms with Gasteiger partial charge in [0.25, 0.3) is 0 Å². The number of ether oxygens (including phenoxy) is 3. The van der Waals surface area contributed by atoms with Gasteiger partial charge in [0.05, 0.1) is 18.7 Å². The molecule has 0 saturated heterocycles. The number of thiocarbonyl (C=S) groups is 1. The molecule has 7 nitrogen and oxygen atoms in total. The summed E-state index contributed by atoms with van der Waals surface area (Å²) in [6.07, 6.45) is 0. The molecule has 1 aromatic rings. The molecule has 2 rings (SSSR count). The zero-order chi connectivity index (χ0) is 20.0. The molecule has 0 aromatic heterocycles. The molecule has 2 N–H and O–H groups in total. The van der Waals surface area contributed by atoms with Crippen molar-refractivity contribution in [3.05, 3.63) is 53.3 Å². The third-order valence-electron chi connectivity index (χ3n) is 3.84. The van der Waals surface area contributed by atoms with Crippen LogP contribution >= 0.6 is 12.2 Å². The molecule has 0 amide bonds. The van der Waals surface area contributed by atoms with Gasteiger partial charge in [0, 0.05) is 11.3 Å². The van der Waals surface area contributed by atoms with Crippen LogP contribution in [0.2, 0.25) is 0 Å². The molecule has 0 spiro atoms. The van der Waals surface area contributed by atoms with E-state index in [4.69, 9.17) is 26.4 Å². The lowest BCUT2D eigenvalue weighted by atomic mass is 9.95. The van der Waals surface area contributed by atoms with E-state index in [0.717, 1.165) is 5.56 Å². The summed E-state index contributed by atoms with van der Waals surface area (Å²) >= 11 is 5.21. The van der Waals surface area contributed by atoms with E-state index >= 15 is 0 Å². The number of methoxy groups -OCH3 is 1. The van der Waals surface area contributed by atoms with Crippen molar-refractivity contribution in [1.29, 1.82) is 0 Å². The van der Waals surface area contributed by atoms with Gasteiger partial charge in [-0.2, -0.15) is 0 Å². The van der Waals surface area contributed by atoms with Gasteiger partial charge in [-0.3, -0.25) is 0 Å². The van der Waals surface area contributed by atoms with Gasteiger partial charge in [-0.25, -0.2) is 9.59 Å². The van der Waals surface area contributed by atoms with E-state index in [-0.39, 0.29) is 18.8 Å². The molecule has 1 aromatic carbocycles. The van der Waals surface area contributed by atoms with Gasteiger partial charge in [0.2, 0.25) is 0 Å². The predicted octanol–water partition coefficient (Wildman–Crippen LogP) is 2.15. The first-order valence-corrected chi connectivity index (χ1v) is 8.66. The number of carbonyl (C=O) groups is 2. The molecule has 0 aliphatic carbocycles. The number of hydrogen-bond acceptors (Lipinski definition) is 6. The van der Waals surface area contributed by atoms with Crippen LogP contribution in [0.3, 0.4) is 0 Å². The van der Waals surface area contributed by atoms with Crippen molar-refractivity contribution < 1.29 is 23.8 Å². The fourth-order valence-corrected chi connectivity index (χ4v) is 2.75. The SMILES string of the molecule is C=C(C)C(=O)OCCOC(=O)C1=C(C)NC(=S)NC1c1ccc(OC)cc1. The van der Waals surface area contributed by atoms with Crippen LogP contribution in [0.15, 0.2) is 47.7 Å². The minimum atomic E-state index is -0.526. The van der Waals surface area contributed by atoms with E-state index in [1.165, 1.54) is 0 Å². The van der Waals surface area contributed by atoms with E-state index in [0.29, 0.717) is 22.1 Å². The van der Waals surface area contributed by atoms with Gasteiger partial charge in [-0.1, -0.05) is 18.7 Å². The number of nitrogens with one attached hydrogen (secondary N) is 2. The number of rotatable bonds is 7. The van der Waals surface area contributed by atoms with Crippen LogP contribution < -0.4 is 15.4 Å². The molecule has 144 valence electrons. The fourth-order valence-electron chi connectivity index (χ4n) is 2.48. The van der Waals surface area contributed by atoms with Crippen LogP contribution in [0.4, 0.5) is 0 Å². The first-order valence-electron chi connectivity index (χ1n) is 8.25. The van der Waals surface area contributed by atoms with Crippen LogP contribution in [0.1, 0.15) is 25.5 Å². The maximum Gasteiger partial charge on any atom is 0.338 e. The van der Waals surface area contributed by atoms with Crippen molar-refractivity contribution in [3.63, 3.8) is 0 Å². The Bertz CT molecular complexity index is 786. The van der Waals surface area contributed by atoms with Gasteiger partial charge < -0.3 is 24.8 Å². The normalized spacial score (nSPS) is 16.1. The van der Waals surface area contributed by atoms with Crippen LogP contribution in [0.5, 0.6) is 5.75 Å². The van der Waals surface area contributed by atoms with Gasteiger partial charge in [0.15, 0.2) is 5.11 Å². The minimum absolute atomic E-state index is 0.0454. The van der Waals surface area contributed by atoms with E-state index in [1.54, 1.807) is 33.1 Å². The lowest BCUT2D eigenvalue weighted by Crippen LogP contribution is -2.45. The van der Waals surface area contributed by atoms with Gasteiger partial charge in [-0.05, 0) is 43.8 Å². The number of hydrogen-bond donors (Lipinski definition) is 2. The van der Waals surface area contributed by atoms with Crippen LogP contribution in [-0.2, 0) is 19.1 Å².